The van der Waals surface area contributed by atoms with Gasteiger partial charge in [-0.1, -0.05) is 31.9 Å². The van der Waals surface area contributed by atoms with Gasteiger partial charge >= 0.3 is 0 Å². The number of hydrogen-bond acceptors (Lipinski definition) is 1. The quantitative estimate of drug-likeness (QED) is 0.451. The molecule has 0 aromatic carbocycles. The predicted octanol–water partition coefficient (Wildman–Crippen LogP) is 4.75. The number of rotatable bonds is 7. The third kappa shape index (κ3) is 7.80. The van der Waals surface area contributed by atoms with E-state index in [4.69, 9.17) is 4.43 Å². The molecule has 0 aromatic rings. The highest BCUT2D eigenvalue weighted by Gasteiger charge is 2.29. The summed E-state index contributed by atoms with van der Waals surface area (Å²) < 4.78 is 6.32. The third-order valence-electron chi connectivity index (χ3n) is 2.40. The maximum absolute atomic E-state index is 6.32. The van der Waals surface area contributed by atoms with Gasteiger partial charge in [-0.2, -0.15) is 0 Å². The van der Waals surface area contributed by atoms with Crippen LogP contribution in [0.1, 0.15) is 46.5 Å². The molecule has 0 aliphatic rings. The first-order chi connectivity index (χ1) is 6.83. The number of allylic oxidation sites excluding steroid dienone is 1. The van der Waals surface area contributed by atoms with Gasteiger partial charge in [0.05, 0.1) is 5.60 Å². The first-order valence-corrected chi connectivity index (χ1v) is 9.55. The van der Waals surface area contributed by atoms with E-state index < -0.39 is 8.32 Å². The average Bonchev–Trinajstić information content (AvgIpc) is 2.09. The zero-order valence-corrected chi connectivity index (χ0v) is 12.4. The lowest BCUT2D eigenvalue weighted by Gasteiger charge is -2.36. The molecule has 1 unspecified atom stereocenters. The summed E-state index contributed by atoms with van der Waals surface area (Å²) >= 11 is 0. The third-order valence-corrected chi connectivity index (χ3v) is 3.50. The van der Waals surface area contributed by atoms with Crippen LogP contribution >= 0.6 is 0 Å². The standard InChI is InChI=1S/C13H28OSi/c1-7-9-11-13(3,12-10-8-2)14-15(4,5)6/h7,9H,8,10-12H2,1-6H3/b9-7-. The van der Waals surface area contributed by atoms with Crippen LogP contribution in [0.5, 0.6) is 0 Å². The van der Waals surface area contributed by atoms with Crippen molar-refractivity contribution < 1.29 is 4.43 Å². The molecule has 1 nitrogen and oxygen atoms in total. The normalized spacial score (nSPS) is 16.9. The molecule has 0 aliphatic heterocycles. The van der Waals surface area contributed by atoms with Gasteiger partial charge < -0.3 is 4.43 Å². The van der Waals surface area contributed by atoms with Gasteiger partial charge in [0.1, 0.15) is 0 Å². The Morgan fingerprint density at radius 2 is 1.87 bits per heavy atom. The molecule has 0 aromatic heterocycles. The molecule has 0 amide bonds. The highest BCUT2D eigenvalue weighted by molar-refractivity contribution is 6.69. The van der Waals surface area contributed by atoms with Gasteiger partial charge in [0.25, 0.3) is 0 Å². The van der Waals surface area contributed by atoms with Crippen LogP contribution < -0.4 is 0 Å². The van der Waals surface area contributed by atoms with Crippen molar-refractivity contribution in [2.24, 2.45) is 0 Å². The van der Waals surface area contributed by atoms with E-state index >= 15 is 0 Å². The van der Waals surface area contributed by atoms with Crippen molar-refractivity contribution >= 4 is 8.32 Å². The molecule has 0 rings (SSSR count). The van der Waals surface area contributed by atoms with Gasteiger partial charge in [-0.3, -0.25) is 0 Å². The van der Waals surface area contributed by atoms with E-state index in [1.54, 1.807) is 0 Å². The summed E-state index contributed by atoms with van der Waals surface area (Å²) in [5, 5.41) is 0. The average molecular weight is 228 g/mol. The van der Waals surface area contributed by atoms with Crippen LogP contribution in [0.15, 0.2) is 12.2 Å². The molecular weight excluding hydrogens is 200 g/mol. The Labute approximate surface area is 97.0 Å². The Morgan fingerprint density at radius 1 is 1.27 bits per heavy atom. The van der Waals surface area contributed by atoms with Crippen LogP contribution in [0.4, 0.5) is 0 Å². The van der Waals surface area contributed by atoms with E-state index in [-0.39, 0.29) is 5.60 Å². The van der Waals surface area contributed by atoms with Crippen LogP contribution in [0, 0.1) is 0 Å². The van der Waals surface area contributed by atoms with Gasteiger partial charge in [0, 0.05) is 0 Å². The molecule has 0 spiro atoms. The second-order valence-electron chi connectivity index (χ2n) is 5.54. The second kappa shape index (κ2) is 6.49. The Morgan fingerprint density at radius 3 is 2.27 bits per heavy atom. The fourth-order valence-corrected chi connectivity index (χ4v) is 3.52. The number of hydrogen-bond donors (Lipinski definition) is 0. The van der Waals surface area contributed by atoms with E-state index in [2.05, 4.69) is 52.6 Å². The lowest BCUT2D eigenvalue weighted by Crippen LogP contribution is -2.40. The summed E-state index contributed by atoms with van der Waals surface area (Å²) in [6.07, 6.45) is 9.10. The molecule has 0 heterocycles. The van der Waals surface area contributed by atoms with E-state index in [0.717, 1.165) is 6.42 Å². The lowest BCUT2D eigenvalue weighted by molar-refractivity contribution is 0.0715. The van der Waals surface area contributed by atoms with Crippen molar-refractivity contribution in [2.75, 3.05) is 0 Å². The zero-order valence-electron chi connectivity index (χ0n) is 11.4. The predicted molar refractivity (Wildman–Crippen MR) is 71.8 cm³/mol. The summed E-state index contributed by atoms with van der Waals surface area (Å²) in [6.45, 7) is 13.4. The summed E-state index contributed by atoms with van der Waals surface area (Å²) in [6, 6.07) is 0. The summed E-state index contributed by atoms with van der Waals surface area (Å²) in [5.74, 6) is 0. The van der Waals surface area contributed by atoms with Gasteiger partial charge in [-0.05, 0) is 46.3 Å². The molecule has 90 valence electrons. The second-order valence-corrected chi connectivity index (χ2v) is 9.97. The summed E-state index contributed by atoms with van der Waals surface area (Å²) in [4.78, 5) is 0. The molecule has 1 atom stereocenters. The molecule has 0 bridgehead atoms. The van der Waals surface area contributed by atoms with Crippen molar-refractivity contribution in [3.63, 3.8) is 0 Å². The molecule has 0 N–H and O–H groups in total. The van der Waals surface area contributed by atoms with Crippen molar-refractivity contribution in [1.29, 1.82) is 0 Å². The minimum Gasteiger partial charge on any atom is -0.412 e. The van der Waals surface area contributed by atoms with E-state index in [0.29, 0.717) is 0 Å². The highest BCUT2D eigenvalue weighted by atomic mass is 28.4. The minimum atomic E-state index is -1.43. The Bertz CT molecular complexity index is 193. The van der Waals surface area contributed by atoms with Crippen molar-refractivity contribution in [1.82, 2.24) is 0 Å². The van der Waals surface area contributed by atoms with Gasteiger partial charge in [0.2, 0.25) is 0 Å². The lowest BCUT2D eigenvalue weighted by atomic mass is 9.95. The maximum atomic E-state index is 6.32. The SMILES string of the molecule is C/C=C\CC(C)(CCCC)O[Si](C)(C)C. The van der Waals surface area contributed by atoms with Crippen LogP contribution in [0.3, 0.4) is 0 Å². The first kappa shape index (κ1) is 14.9. The molecular formula is C13H28OSi. The molecule has 2 heteroatoms. The topological polar surface area (TPSA) is 9.23 Å². The van der Waals surface area contributed by atoms with Crippen molar-refractivity contribution in [2.45, 2.75) is 71.7 Å². The number of unbranched alkanes of at least 4 members (excludes halogenated alkanes) is 1. The molecule has 0 saturated carbocycles. The van der Waals surface area contributed by atoms with E-state index in [1.807, 2.05) is 0 Å². The Hall–Kier alpha value is -0.0831. The zero-order chi connectivity index (χ0) is 11.9. The Balaban J connectivity index is 4.39. The molecule has 0 saturated heterocycles. The largest absolute Gasteiger partial charge is 0.412 e. The van der Waals surface area contributed by atoms with Gasteiger partial charge in [0.15, 0.2) is 8.32 Å². The smallest absolute Gasteiger partial charge is 0.184 e. The molecule has 15 heavy (non-hydrogen) atoms. The maximum Gasteiger partial charge on any atom is 0.184 e. The molecule has 0 fully saturated rings. The van der Waals surface area contributed by atoms with Crippen molar-refractivity contribution in [3.05, 3.63) is 12.2 Å². The van der Waals surface area contributed by atoms with Crippen molar-refractivity contribution in [3.8, 4) is 0 Å². The highest BCUT2D eigenvalue weighted by Crippen LogP contribution is 2.27. The fraction of sp³-hybridized carbons (Fsp3) is 0.846. The van der Waals surface area contributed by atoms with Crippen LogP contribution in [0.25, 0.3) is 0 Å². The Kier molecular flexibility index (Phi) is 6.45. The summed E-state index contributed by atoms with van der Waals surface area (Å²) in [5.41, 5.74) is 0.0625. The van der Waals surface area contributed by atoms with Gasteiger partial charge in [-0.15, -0.1) is 0 Å². The first-order valence-electron chi connectivity index (χ1n) is 6.14. The van der Waals surface area contributed by atoms with Crippen LogP contribution in [0.2, 0.25) is 19.6 Å². The minimum absolute atomic E-state index is 0.0625. The van der Waals surface area contributed by atoms with Gasteiger partial charge in [-0.25, -0.2) is 0 Å². The molecule has 0 aliphatic carbocycles. The van der Waals surface area contributed by atoms with E-state index in [9.17, 15) is 0 Å². The van der Waals surface area contributed by atoms with Crippen LogP contribution in [-0.2, 0) is 4.43 Å². The van der Waals surface area contributed by atoms with E-state index in [1.165, 1.54) is 19.3 Å². The fourth-order valence-electron chi connectivity index (χ4n) is 1.85. The monoisotopic (exact) mass is 228 g/mol. The molecule has 0 radical (unpaired) electrons. The summed E-state index contributed by atoms with van der Waals surface area (Å²) in [7, 11) is -1.43. The van der Waals surface area contributed by atoms with Crippen LogP contribution in [-0.4, -0.2) is 13.9 Å².